The molecule has 0 heterocycles. The van der Waals surface area contributed by atoms with Gasteiger partial charge in [-0.2, -0.15) is 0 Å². The minimum absolute atomic E-state index is 0.298. The molecule has 0 saturated heterocycles. The summed E-state index contributed by atoms with van der Waals surface area (Å²) in [5.41, 5.74) is 3.74. The van der Waals surface area contributed by atoms with Crippen LogP contribution in [-0.2, 0) is 0 Å². The number of aliphatic hydroxyl groups excluding tert-OH is 1. The van der Waals surface area contributed by atoms with Crippen molar-refractivity contribution >= 4 is 0 Å². The first-order valence-electron chi connectivity index (χ1n) is 6.16. The van der Waals surface area contributed by atoms with Crippen LogP contribution >= 0.6 is 0 Å². The molecule has 0 amide bonds. The maximum atomic E-state index is 10.1. The highest BCUT2D eigenvalue weighted by Crippen LogP contribution is 2.25. The molecule has 0 fully saturated rings. The van der Waals surface area contributed by atoms with Gasteiger partial charge in [0.1, 0.15) is 0 Å². The third kappa shape index (κ3) is 3.97. The summed E-state index contributed by atoms with van der Waals surface area (Å²) in [4.78, 5) is 0. The Hall–Kier alpha value is -0.820. The fraction of sp³-hybridized carbons (Fsp3) is 0.600. The lowest BCUT2D eigenvalue weighted by Gasteiger charge is -2.21. The monoisotopic (exact) mass is 220 g/mol. The normalized spacial score (nSPS) is 34.5. The van der Waals surface area contributed by atoms with Crippen LogP contribution in [0.2, 0.25) is 0 Å². The smallest absolute Gasteiger partial charge is 0.0753 e. The van der Waals surface area contributed by atoms with Crippen LogP contribution in [-0.4, -0.2) is 11.2 Å². The van der Waals surface area contributed by atoms with Gasteiger partial charge in [0.15, 0.2) is 0 Å². The van der Waals surface area contributed by atoms with Crippen molar-refractivity contribution in [1.82, 2.24) is 0 Å². The van der Waals surface area contributed by atoms with Crippen LogP contribution < -0.4 is 0 Å². The zero-order valence-corrected chi connectivity index (χ0v) is 10.8. The van der Waals surface area contributed by atoms with E-state index < -0.39 is 0 Å². The van der Waals surface area contributed by atoms with E-state index in [1.54, 1.807) is 0 Å². The molecule has 0 aromatic heterocycles. The molecule has 0 saturated carbocycles. The predicted octanol–water partition coefficient (Wildman–Crippen LogP) is 4.01. The molecule has 1 rings (SSSR count). The first-order chi connectivity index (χ1) is 7.50. The van der Waals surface area contributed by atoms with Crippen molar-refractivity contribution in [3.63, 3.8) is 0 Å². The van der Waals surface area contributed by atoms with E-state index in [9.17, 15) is 5.11 Å². The number of allylic oxidation sites excluding steroid dienone is 4. The second-order valence-corrected chi connectivity index (χ2v) is 5.07. The van der Waals surface area contributed by atoms with E-state index in [1.165, 1.54) is 11.1 Å². The minimum Gasteiger partial charge on any atom is -0.389 e. The quantitative estimate of drug-likeness (QED) is 0.662. The average molecular weight is 220 g/mol. The summed E-state index contributed by atoms with van der Waals surface area (Å²) in [6.07, 6.45) is 8.15. The molecule has 1 unspecified atom stereocenters. The SMILES string of the molecule is C=C(C)[C@@H]1C/C=C(/C)CC/C=C(/C)C(O)C1. The van der Waals surface area contributed by atoms with E-state index in [0.29, 0.717) is 5.92 Å². The van der Waals surface area contributed by atoms with E-state index in [2.05, 4.69) is 32.6 Å². The molecule has 1 aliphatic rings. The number of hydrogen-bond donors (Lipinski definition) is 1. The molecule has 0 aromatic rings. The second-order valence-electron chi connectivity index (χ2n) is 5.07. The van der Waals surface area contributed by atoms with Gasteiger partial charge in [0.05, 0.1) is 6.10 Å². The predicted molar refractivity (Wildman–Crippen MR) is 70.3 cm³/mol. The number of hydrogen-bond acceptors (Lipinski definition) is 1. The summed E-state index contributed by atoms with van der Waals surface area (Å²) >= 11 is 0. The first kappa shape index (κ1) is 13.2. The Labute approximate surface area is 99.6 Å². The third-order valence-corrected chi connectivity index (χ3v) is 3.49. The van der Waals surface area contributed by atoms with E-state index in [1.807, 2.05) is 6.92 Å². The van der Waals surface area contributed by atoms with Gasteiger partial charge in [0.25, 0.3) is 0 Å². The van der Waals surface area contributed by atoms with Gasteiger partial charge in [-0.05, 0) is 57.9 Å². The van der Waals surface area contributed by atoms with Crippen molar-refractivity contribution in [1.29, 1.82) is 0 Å². The molecule has 90 valence electrons. The van der Waals surface area contributed by atoms with Crippen LogP contribution in [0.5, 0.6) is 0 Å². The van der Waals surface area contributed by atoms with Crippen LogP contribution in [0.1, 0.15) is 46.5 Å². The average Bonchev–Trinajstić information content (AvgIpc) is 2.22. The van der Waals surface area contributed by atoms with E-state index in [4.69, 9.17) is 0 Å². The third-order valence-electron chi connectivity index (χ3n) is 3.49. The summed E-state index contributed by atoms with van der Waals surface area (Å²) < 4.78 is 0. The van der Waals surface area contributed by atoms with Crippen molar-refractivity contribution in [2.75, 3.05) is 0 Å². The summed E-state index contributed by atoms with van der Waals surface area (Å²) in [5.74, 6) is 0.409. The molecule has 0 aromatic carbocycles. The highest BCUT2D eigenvalue weighted by Gasteiger charge is 2.16. The topological polar surface area (TPSA) is 20.2 Å². The maximum absolute atomic E-state index is 10.1. The molecule has 0 radical (unpaired) electrons. The summed E-state index contributed by atoms with van der Waals surface area (Å²) in [6.45, 7) is 10.3. The number of rotatable bonds is 1. The molecule has 16 heavy (non-hydrogen) atoms. The van der Waals surface area contributed by atoms with Crippen molar-refractivity contribution in [2.45, 2.75) is 52.6 Å². The lowest BCUT2D eigenvalue weighted by molar-refractivity contribution is 0.182. The molecule has 1 aliphatic carbocycles. The molecular weight excluding hydrogens is 196 g/mol. The highest BCUT2D eigenvalue weighted by atomic mass is 16.3. The lowest BCUT2D eigenvalue weighted by atomic mass is 9.87. The molecular formula is C15H24O. The Bertz CT molecular complexity index is 309. The van der Waals surface area contributed by atoms with Gasteiger partial charge >= 0.3 is 0 Å². The largest absolute Gasteiger partial charge is 0.389 e. The zero-order valence-electron chi connectivity index (χ0n) is 10.8. The minimum atomic E-state index is -0.298. The van der Waals surface area contributed by atoms with Crippen LogP contribution in [0.15, 0.2) is 35.5 Å². The van der Waals surface area contributed by atoms with Gasteiger partial charge in [-0.25, -0.2) is 0 Å². The summed E-state index contributed by atoms with van der Waals surface area (Å²) in [7, 11) is 0. The standard InChI is InChI=1S/C15H24O/c1-11(2)14-9-8-12(3)6-5-7-13(4)15(16)10-14/h7-8,14-16H,1,5-6,9-10H2,2-4H3/b12-8-,13-7-/t14-,15?/m1/s1. The van der Waals surface area contributed by atoms with Gasteiger partial charge in [0.2, 0.25) is 0 Å². The summed E-state index contributed by atoms with van der Waals surface area (Å²) in [6, 6.07) is 0. The van der Waals surface area contributed by atoms with Gasteiger partial charge in [0, 0.05) is 0 Å². The van der Waals surface area contributed by atoms with Gasteiger partial charge in [-0.3, -0.25) is 0 Å². The van der Waals surface area contributed by atoms with Crippen molar-refractivity contribution < 1.29 is 5.11 Å². The molecule has 0 bridgehead atoms. The Morgan fingerprint density at radius 2 is 2.06 bits per heavy atom. The highest BCUT2D eigenvalue weighted by molar-refractivity contribution is 5.12. The molecule has 0 spiro atoms. The first-order valence-corrected chi connectivity index (χ1v) is 6.16. The van der Waals surface area contributed by atoms with Gasteiger partial charge < -0.3 is 5.11 Å². The Morgan fingerprint density at radius 3 is 2.69 bits per heavy atom. The van der Waals surface area contributed by atoms with Gasteiger partial charge in [-0.15, -0.1) is 0 Å². The van der Waals surface area contributed by atoms with Crippen LogP contribution in [0, 0.1) is 5.92 Å². The molecule has 1 nitrogen and oxygen atoms in total. The molecule has 0 aliphatic heterocycles. The van der Waals surface area contributed by atoms with Crippen molar-refractivity contribution in [2.24, 2.45) is 5.92 Å². The van der Waals surface area contributed by atoms with Crippen LogP contribution in [0.25, 0.3) is 0 Å². The molecule has 1 heteroatoms. The lowest BCUT2D eigenvalue weighted by Crippen LogP contribution is -2.16. The van der Waals surface area contributed by atoms with E-state index in [0.717, 1.165) is 31.3 Å². The Kier molecular flexibility index (Phi) is 5.01. The summed E-state index contributed by atoms with van der Waals surface area (Å²) in [5, 5.41) is 10.1. The van der Waals surface area contributed by atoms with E-state index >= 15 is 0 Å². The van der Waals surface area contributed by atoms with Gasteiger partial charge in [-0.1, -0.05) is 29.9 Å². The fourth-order valence-electron chi connectivity index (χ4n) is 2.06. The van der Waals surface area contributed by atoms with Crippen molar-refractivity contribution in [3.8, 4) is 0 Å². The second kappa shape index (κ2) is 6.05. The van der Waals surface area contributed by atoms with E-state index in [-0.39, 0.29) is 6.10 Å². The Balaban J connectivity index is 2.82. The fourth-order valence-corrected chi connectivity index (χ4v) is 2.06. The maximum Gasteiger partial charge on any atom is 0.0753 e. The zero-order chi connectivity index (χ0) is 12.1. The van der Waals surface area contributed by atoms with Crippen LogP contribution in [0.4, 0.5) is 0 Å². The van der Waals surface area contributed by atoms with Crippen molar-refractivity contribution in [3.05, 3.63) is 35.5 Å². The van der Waals surface area contributed by atoms with Crippen LogP contribution in [0.3, 0.4) is 0 Å². The Morgan fingerprint density at radius 1 is 1.38 bits per heavy atom. The molecule has 1 N–H and O–H groups in total. The number of aliphatic hydroxyl groups is 1. The molecule has 2 atom stereocenters.